The molecular formula is C10H14N4O. The summed E-state index contributed by atoms with van der Waals surface area (Å²) >= 11 is 0. The van der Waals surface area contributed by atoms with E-state index in [4.69, 9.17) is 0 Å². The van der Waals surface area contributed by atoms with Gasteiger partial charge in [-0.2, -0.15) is 0 Å². The molecule has 1 saturated heterocycles. The van der Waals surface area contributed by atoms with E-state index in [0.29, 0.717) is 5.56 Å². The molecule has 5 heteroatoms. The summed E-state index contributed by atoms with van der Waals surface area (Å²) in [5.74, 6) is -0.0926. The van der Waals surface area contributed by atoms with Crippen LogP contribution in [0.3, 0.4) is 0 Å². The fourth-order valence-electron chi connectivity index (χ4n) is 1.48. The van der Waals surface area contributed by atoms with E-state index in [2.05, 4.69) is 15.7 Å². The number of rotatable bonds is 2. The highest BCUT2D eigenvalue weighted by molar-refractivity contribution is 5.93. The average molecular weight is 206 g/mol. The molecule has 1 aliphatic rings. The van der Waals surface area contributed by atoms with E-state index in [1.54, 1.807) is 24.5 Å². The van der Waals surface area contributed by atoms with Gasteiger partial charge in [0.05, 0.1) is 5.56 Å². The number of nitrogens with one attached hydrogen (secondary N) is 2. The maximum absolute atomic E-state index is 11.7. The van der Waals surface area contributed by atoms with Gasteiger partial charge in [-0.15, -0.1) is 0 Å². The third-order valence-electron chi connectivity index (χ3n) is 2.30. The predicted octanol–water partition coefficient (Wildman–Crippen LogP) is -0.368. The monoisotopic (exact) mass is 206 g/mol. The van der Waals surface area contributed by atoms with E-state index in [1.807, 2.05) is 5.01 Å². The molecule has 0 aliphatic carbocycles. The fraction of sp³-hybridized carbons (Fsp3) is 0.400. The quantitative estimate of drug-likeness (QED) is 0.693. The zero-order valence-electron chi connectivity index (χ0n) is 8.44. The van der Waals surface area contributed by atoms with E-state index < -0.39 is 0 Å². The lowest BCUT2D eigenvalue weighted by molar-refractivity contribution is 0.0764. The van der Waals surface area contributed by atoms with Gasteiger partial charge < -0.3 is 5.32 Å². The van der Waals surface area contributed by atoms with Crippen LogP contribution in [0.4, 0.5) is 0 Å². The van der Waals surface area contributed by atoms with Gasteiger partial charge in [0.1, 0.15) is 0 Å². The molecule has 1 aliphatic heterocycles. The molecule has 1 fully saturated rings. The van der Waals surface area contributed by atoms with Crippen LogP contribution in [-0.4, -0.2) is 42.1 Å². The van der Waals surface area contributed by atoms with Gasteiger partial charge in [0.2, 0.25) is 0 Å². The number of hydrazine groups is 1. The zero-order chi connectivity index (χ0) is 10.5. The van der Waals surface area contributed by atoms with Crippen LogP contribution in [0.25, 0.3) is 0 Å². The number of amides is 1. The molecule has 1 amide bonds. The maximum atomic E-state index is 11.7. The van der Waals surface area contributed by atoms with Gasteiger partial charge >= 0.3 is 0 Å². The number of nitrogens with zero attached hydrogens (tertiary/aromatic N) is 2. The molecular weight excluding hydrogens is 192 g/mol. The summed E-state index contributed by atoms with van der Waals surface area (Å²) in [5.41, 5.74) is 3.44. The molecule has 2 rings (SSSR count). The lowest BCUT2D eigenvalue weighted by Gasteiger charge is -2.27. The third kappa shape index (κ3) is 2.74. The fourth-order valence-corrected chi connectivity index (χ4v) is 1.48. The first-order valence-electron chi connectivity index (χ1n) is 5.03. The number of aromatic nitrogens is 1. The molecule has 2 heterocycles. The predicted molar refractivity (Wildman–Crippen MR) is 56.1 cm³/mol. The second-order valence-corrected chi connectivity index (χ2v) is 3.42. The van der Waals surface area contributed by atoms with Crippen molar-refractivity contribution in [1.82, 2.24) is 20.7 Å². The van der Waals surface area contributed by atoms with Crippen LogP contribution in [0.5, 0.6) is 0 Å². The molecule has 1 aromatic rings. The number of piperazine rings is 1. The summed E-state index contributed by atoms with van der Waals surface area (Å²) < 4.78 is 0. The number of hydrogen-bond donors (Lipinski definition) is 2. The average Bonchev–Trinajstić information content (AvgIpc) is 2.31. The first-order chi connectivity index (χ1) is 7.36. The van der Waals surface area contributed by atoms with E-state index in [9.17, 15) is 4.79 Å². The van der Waals surface area contributed by atoms with Crippen molar-refractivity contribution in [2.24, 2.45) is 0 Å². The molecule has 15 heavy (non-hydrogen) atoms. The van der Waals surface area contributed by atoms with Crippen molar-refractivity contribution in [3.8, 4) is 0 Å². The summed E-state index contributed by atoms with van der Waals surface area (Å²) in [6.45, 7) is 3.50. The molecule has 1 aromatic heterocycles. The van der Waals surface area contributed by atoms with Crippen molar-refractivity contribution in [3.05, 3.63) is 30.1 Å². The molecule has 0 bridgehead atoms. The van der Waals surface area contributed by atoms with Crippen LogP contribution in [0.1, 0.15) is 10.4 Å². The van der Waals surface area contributed by atoms with Gasteiger partial charge in [0.25, 0.3) is 5.91 Å². The number of pyridine rings is 1. The van der Waals surface area contributed by atoms with Crippen molar-refractivity contribution >= 4 is 5.91 Å². The van der Waals surface area contributed by atoms with Gasteiger partial charge in [0.15, 0.2) is 0 Å². The van der Waals surface area contributed by atoms with Gasteiger partial charge in [-0.25, -0.2) is 5.01 Å². The Morgan fingerprint density at radius 2 is 2.27 bits per heavy atom. The van der Waals surface area contributed by atoms with Crippen LogP contribution in [0.2, 0.25) is 0 Å². The Balaban J connectivity index is 1.91. The lowest BCUT2D eigenvalue weighted by Crippen LogP contribution is -2.52. The van der Waals surface area contributed by atoms with Gasteiger partial charge in [-0.3, -0.25) is 15.2 Å². The van der Waals surface area contributed by atoms with Crippen molar-refractivity contribution in [2.45, 2.75) is 0 Å². The number of carbonyl (C=O) groups is 1. The molecule has 80 valence electrons. The Morgan fingerprint density at radius 1 is 1.47 bits per heavy atom. The van der Waals surface area contributed by atoms with Gasteiger partial charge in [0, 0.05) is 38.6 Å². The van der Waals surface area contributed by atoms with Gasteiger partial charge in [-0.05, 0) is 12.1 Å². The molecule has 5 nitrogen and oxygen atoms in total. The van der Waals surface area contributed by atoms with E-state index in [-0.39, 0.29) is 5.91 Å². The van der Waals surface area contributed by atoms with Crippen molar-refractivity contribution in [2.75, 3.05) is 26.2 Å². The summed E-state index contributed by atoms with van der Waals surface area (Å²) in [4.78, 5) is 15.6. The van der Waals surface area contributed by atoms with Crippen LogP contribution in [0.15, 0.2) is 24.5 Å². The Hall–Kier alpha value is -1.46. The standard InChI is InChI=1S/C10H14N4O/c15-10(9-2-1-3-12-8-9)13-14-6-4-11-5-7-14/h1-3,8,11H,4-7H2,(H,13,15). The SMILES string of the molecule is O=C(NN1CCNCC1)c1cccnc1. The normalized spacial score (nSPS) is 17.3. The molecule has 0 saturated carbocycles. The first kappa shape index (κ1) is 10.1. The van der Waals surface area contributed by atoms with E-state index in [0.717, 1.165) is 26.2 Å². The van der Waals surface area contributed by atoms with Crippen LogP contribution >= 0.6 is 0 Å². The van der Waals surface area contributed by atoms with Crippen molar-refractivity contribution in [3.63, 3.8) is 0 Å². The molecule has 0 spiro atoms. The zero-order valence-corrected chi connectivity index (χ0v) is 8.44. The molecule has 0 radical (unpaired) electrons. The Labute approximate surface area is 88.5 Å². The minimum Gasteiger partial charge on any atom is -0.314 e. The number of hydrogen-bond acceptors (Lipinski definition) is 4. The topological polar surface area (TPSA) is 57.3 Å². The van der Waals surface area contributed by atoms with Crippen molar-refractivity contribution < 1.29 is 4.79 Å². The van der Waals surface area contributed by atoms with Crippen LogP contribution < -0.4 is 10.7 Å². The number of carbonyl (C=O) groups excluding carboxylic acids is 1. The maximum Gasteiger partial charge on any atom is 0.267 e. The molecule has 0 aromatic carbocycles. The Kier molecular flexibility index (Phi) is 3.26. The highest BCUT2D eigenvalue weighted by Crippen LogP contribution is 1.96. The van der Waals surface area contributed by atoms with Gasteiger partial charge in [-0.1, -0.05) is 0 Å². The van der Waals surface area contributed by atoms with Crippen LogP contribution in [0, 0.1) is 0 Å². The highest BCUT2D eigenvalue weighted by Gasteiger charge is 2.13. The lowest BCUT2D eigenvalue weighted by atomic mass is 10.3. The Morgan fingerprint density at radius 3 is 2.93 bits per heavy atom. The van der Waals surface area contributed by atoms with E-state index >= 15 is 0 Å². The smallest absolute Gasteiger partial charge is 0.267 e. The van der Waals surface area contributed by atoms with Crippen molar-refractivity contribution in [1.29, 1.82) is 0 Å². The summed E-state index contributed by atoms with van der Waals surface area (Å²) in [5, 5.41) is 5.14. The first-order valence-corrected chi connectivity index (χ1v) is 5.03. The minimum atomic E-state index is -0.0926. The minimum absolute atomic E-state index is 0.0926. The van der Waals surface area contributed by atoms with E-state index in [1.165, 1.54) is 0 Å². The third-order valence-corrected chi connectivity index (χ3v) is 2.30. The second-order valence-electron chi connectivity index (χ2n) is 3.42. The Bertz CT molecular complexity index is 321. The highest BCUT2D eigenvalue weighted by atomic mass is 16.2. The second kappa shape index (κ2) is 4.86. The largest absolute Gasteiger partial charge is 0.314 e. The summed E-state index contributed by atoms with van der Waals surface area (Å²) in [7, 11) is 0. The summed E-state index contributed by atoms with van der Waals surface area (Å²) in [6, 6.07) is 3.51. The molecule has 0 unspecified atom stereocenters. The molecule has 0 atom stereocenters. The van der Waals surface area contributed by atoms with Crippen LogP contribution in [-0.2, 0) is 0 Å². The molecule has 2 N–H and O–H groups in total. The summed E-state index contributed by atoms with van der Waals surface area (Å²) in [6.07, 6.45) is 3.22.